The van der Waals surface area contributed by atoms with E-state index in [1.54, 1.807) is 7.11 Å². The fraction of sp³-hybridized carbons (Fsp3) is 0.900. The van der Waals surface area contributed by atoms with E-state index >= 15 is 0 Å². The number of ether oxygens (including phenoxy) is 2. The molecule has 0 atom stereocenters. The number of esters is 1. The monoisotopic (exact) mass is 188 g/mol. The van der Waals surface area contributed by atoms with Crippen LogP contribution in [0.3, 0.4) is 0 Å². The van der Waals surface area contributed by atoms with Gasteiger partial charge in [-0.3, -0.25) is 4.79 Å². The molecule has 0 aliphatic heterocycles. The molecule has 3 heteroatoms. The van der Waals surface area contributed by atoms with Crippen LogP contribution in [0.15, 0.2) is 0 Å². The number of carbonyl (C=O) groups is 1. The predicted molar refractivity (Wildman–Crippen MR) is 51.5 cm³/mol. The van der Waals surface area contributed by atoms with Crippen LogP contribution in [0.25, 0.3) is 0 Å². The molecule has 0 saturated heterocycles. The molecule has 0 aromatic rings. The van der Waals surface area contributed by atoms with E-state index in [1.807, 2.05) is 20.8 Å². The van der Waals surface area contributed by atoms with Gasteiger partial charge in [-0.05, 0) is 33.6 Å². The van der Waals surface area contributed by atoms with E-state index in [1.165, 1.54) is 0 Å². The van der Waals surface area contributed by atoms with E-state index in [-0.39, 0.29) is 11.4 Å². The van der Waals surface area contributed by atoms with Crippen molar-refractivity contribution in [1.82, 2.24) is 0 Å². The summed E-state index contributed by atoms with van der Waals surface area (Å²) in [5.41, 5.74) is -0.388. The zero-order chi connectivity index (χ0) is 10.3. The smallest absolute Gasteiger partial charge is 0.311 e. The van der Waals surface area contributed by atoms with Crippen molar-refractivity contribution >= 4 is 5.97 Å². The molecule has 0 N–H and O–H groups in total. The van der Waals surface area contributed by atoms with Crippen LogP contribution in [0, 0.1) is 5.41 Å². The molecule has 0 radical (unpaired) electrons. The first kappa shape index (κ1) is 12.4. The highest BCUT2D eigenvalue weighted by atomic mass is 16.5. The third-order valence-electron chi connectivity index (χ3n) is 1.59. The van der Waals surface area contributed by atoms with E-state index < -0.39 is 0 Å². The summed E-state index contributed by atoms with van der Waals surface area (Å²) in [5.74, 6) is -0.134. The lowest BCUT2D eigenvalue weighted by molar-refractivity contribution is -0.153. The van der Waals surface area contributed by atoms with Gasteiger partial charge in [0.1, 0.15) is 0 Å². The minimum atomic E-state index is -0.388. The molecule has 0 aliphatic carbocycles. The molecule has 0 amide bonds. The van der Waals surface area contributed by atoms with Crippen LogP contribution in [0.4, 0.5) is 0 Å². The van der Waals surface area contributed by atoms with Crippen LogP contribution < -0.4 is 0 Å². The zero-order valence-electron chi connectivity index (χ0n) is 9.05. The Morgan fingerprint density at radius 1 is 1.15 bits per heavy atom. The van der Waals surface area contributed by atoms with Gasteiger partial charge in [-0.1, -0.05) is 0 Å². The van der Waals surface area contributed by atoms with Crippen molar-refractivity contribution in [2.45, 2.75) is 33.6 Å². The van der Waals surface area contributed by atoms with Crippen LogP contribution in [0.2, 0.25) is 0 Å². The van der Waals surface area contributed by atoms with Crippen LogP contribution in [-0.2, 0) is 14.3 Å². The highest BCUT2D eigenvalue weighted by molar-refractivity contribution is 5.75. The molecule has 0 unspecified atom stereocenters. The molecule has 0 rings (SSSR count). The molecule has 0 aromatic heterocycles. The lowest BCUT2D eigenvalue weighted by atomic mass is 9.97. The Morgan fingerprint density at radius 2 is 1.69 bits per heavy atom. The third kappa shape index (κ3) is 6.58. The minimum Gasteiger partial charge on any atom is -0.465 e. The first-order chi connectivity index (χ1) is 5.98. The lowest BCUT2D eigenvalue weighted by Crippen LogP contribution is -2.23. The maximum absolute atomic E-state index is 11.2. The summed E-state index contributed by atoms with van der Waals surface area (Å²) in [4.78, 5) is 11.2. The van der Waals surface area contributed by atoms with Gasteiger partial charge in [0.25, 0.3) is 0 Å². The van der Waals surface area contributed by atoms with Crippen LogP contribution in [-0.4, -0.2) is 26.3 Å². The fourth-order valence-electron chi connectivity index (χ4n) is 0.730. The molecule has 3 nitrogen and oxygen atoms in total. The van der Waals surface area contributed by atoms with Gasteiger partial charge in [-0.25, -0.2) is 0 Å². The number of carbonyl (C=O) groups excluding carboxylic acids is 1. The summed E-state index contributed by atoms with van der Waals surface area (Å²) in [6.45, 7) is 6.78. The second-order valence-electron chi connectivity index (χ2n) is 4.09. The Kier molecular flexibility index (Phi) is 5.71. The number of unbranched alkanes of at least 4 members (excludes halogenated alkanes) is 1. The van der Waals surface area contributed by atoms with E-state index in [0.717, 1.165) is 19.4 Å². The SMILES string of the molecule is COCCCCOC(=O)C(C)(C)C. The second-order valence-corrected chi connectivity index (χ2v) is 4.09. The summed E-state index contributed by atoms with van der Waals surface area (Å²) in [7, 11) is 1.67. The van der Waals surface area contributed by atoms with Gasteiger partial charge in [-0.15, -0.1) is 0 Å². The molecule has 0 aliphatic rings. The Bertz CT molecular complexity index is 147. The number of hydrogen-bond acceptors (Lipinski definition) is 3. The predicted octanol–water partition coefficient (Wildman–Crippen LogP) is 2.00. The average Bonchev–Trinajstić information content (AvgIpc) is 2.02. The molecule has 0 saturated carbocycles. The van der Waals surface area contributed by atoms with E-state index in [9.17, 15) is 4.79 Å². The van der Waals surface area contributed by atoms with Crippen molar-refractivity contribution in [2.24, 2.45) is 5.41 Å². The lowest BCUT2D eigenvalue weighted by Gasteiger charge is -2.16. The molecule has 0 aromatic carbocycles. The van der Waals surface area contributed by atoms with Crippen molar-refractivity contribution < 1.29 is 14.3 Å². The van der Waals surface area contributed by atoms with Crippen molar-refractivity contribution in [3.63, 3.8) is 0 Å². The quantitative estimate of drug-likeness (QED) is 0.489. The molecule has 0 bridgehead atoms. The first-order valence-electron chi connectivity index (χ1n) is 4.64. The molecular formula is C10H20O3. The second kappa shape index (κ2) is 5.97. The maximum Gasteiger partial charge on any atom is 0.311 e. The summed E-state index contributed by atoms with van der Waals surface area (Å²) < 4.78 is 9.93. The van der Waals surface area contributed by atoms with Crippen molar-refractivity contribution in [1.29, 1.82) is 0 Å². The van der Waals surface area contributed by atoms with Crippen molar-refractivity contribution in [2.75, 3.05) is 20.3 Å². The summed E-state index contributed by atoms with van der Waals surface area (Å²) in [5, 5.41) is 0. The van der Waals surface area contributed by atoms with Gasteiger partial charge in [0, 0.05) is 13.7 Å². The molecule has 78 valence electrons. The Labute approximate surface area is 80.4 Å². The van der Waals surface area contributed by atoms with Crippen LogP contribution in [0.1, 0.15) is 33.6 Å². The molecule has 0 fully saturated rings. The fourth-order valence-corrected chi connectivity index (χ4v) is 0.730. The van der Waals surface area contributed by atoms with Gasteiger partial charge in [0.15, 0.2) is 0 Å². The summed E-state index contributed by atoms with van der Waals surface area (Å²) in [6, 6.07) is 0. The van der Waals surface area contributed by atoms with Crippen molar-refractivity contribution in [3.05, 3.63) is 0 Å². The number of methoxy groups -OCH3 is 1. The normalized spacial score (nSPS) is 11.4. The van der Waals surface area contributed by atoms with E-state index in [2.05, 4.69) is 0 Å². The standard InChI is InChI=1S/C10H20O3/c1-10(2,3)9(11)13-8-6-5-7-12-4/h5-8H2,1-4H3. The van der Waals surface area contributed by atoms with Gasteiger partial charge in [-0.2, -0.15) is 0 Å². The van der Waals surface area contributed by atoms with E-state index in [0.29, 0.717) is 6.61 Å². The maximum atomic E-state index is 11.2. The first-order valence-corrected chi connectivity index (χ1v) is 4.64. The summed E-state index contributed by atoms with van der Waals surface area (Å²) >= 11 is 0. The van der Waals surface area contributed by atoms with E-state index in [4.69, 9.17) is 9.47 Å². The van der Waals surface area contributed by atoms with Gasteiger partial charge in [0.05, 0.1) is 12.0 Å². The Morgan fingerprint density at radius 3 is 2.15 bits per heavy atom. The van der Waals surface area contributed by atoms with Crippen LogP contribution >= 0.6 is 0 Å². The zero-order valence-corrected chi connectivity index (χ0v) is 9.05. The largest absolute Gasteiger partial charge is 0.465 e. The van der Waals surface area contributed by atoms with Crippen LogP contribution in [0.5, 0.6) is 0 Å². The molecule has 0 spiro atoms. The molecule has 13 heavy (non-hydrogen) atoms. The Hall–Kier alpha value is -0.570. The minimum absolute atomic E-state index is 0.134. The molecule has 0 heterocycles. The van der Waals surface area contributed by atoms with Gasteiger partial charge in [0.2, 0.25) is 0 Å². The topological polar surface area (TPSA) is 35.5 Å². The summed E-state index contributed by atoms with van der Waals surface area (Å²) in [6.07, 6.45) is 1.81. The van der Waals surface area contributed by atoms with Gasteiger partial charge >= 0.3 is 5.97 Å². The van der Waals surface area contributed by atoms with Gasteiger partial charge < -0.3 is 9.47 Å². The Balaban J connectivity index is 3.38. The molecular weight excluding hydrogens is 168 g/mol. The van der Waals surface area contributed by atoms with Crippen molar-refractivity contribution in [3.8, 4) is 0 Å². The number of rotatable bonds is 5. The highest BCUT2D eigenvalue weighted by Gasteiger charge is 2.22. The number of hydrogen-bond donors (Lipinski definition) is 0. The highest BCUT2D eigenvalue weighted by Crippen LogP contribution is 2.15. The average molecular weight is 188 g/mol. The third-order valence-corrected chi connectivity index (χ3v) is 1.59.